The zero-order valence-corrected chi connectivity index (χ0v) is 28.4. The van der Waals surface area contributed by atoms with E-state index in [1.165, 1.54) is 17.4 Å². The highest BCUT2D eigenvalue weighted by Gasteiger charge is 2.38. The lowest BCUT2D eigenvalue weighted by molar-refractivity contribution is -0.192. The number of aromatic nitrogens is 3. The molecule has 5 aromatic rings. The summed E-state index contributed by atoms with van der Waals surface area (Å²) in [5, 5.41) is 13.3. The number of nitrogens with two attached hydrogens (primary N) is 1. The Morgan fingerprint density at radius 3 is 2.27 bits per heavy atom. The van der Waals surface area contributed by atoms with Crippen molar-refractivity contribution in [3.8, 4) is 27.6 Å². The van der Waals surface area contributed by atoms with Gasteiger partial charge in [0.05, 0.1) is 29.1 Å². The van der Waals surface area contributed by atoms with Crippen LogP contribution >= 0.6 is 11.3 Å². The van der Waals surface area contributed by atoms with E-state index in [9.17, 15) is 26.7 Å². The number of rotatable bonds is 8. The Hall–Kier alpha value is -5.88. The van der Waals surface area contributed by atoms with Crippen molar-refractivity contribution in [2.24, 2.45) is 0 Å². The zero-order valence-electron chi connectivity index (χ0n) is 27.5. The lowest BCUT2D eigenvalue weighted by atomic mass is 10.1. The Bertz CT molecular complexity index is 2050. The summed E-state index contributed by atoms with van der Waals surface area (Å²) in [4.78, 5) is 40.6. The number of thiazole rings is 1. The number of anilines is 5. The number of benzene rings is 3. The molecule has 1 amide bonds. The van der Waals surface area contributed by atoms with Crippen LogP contribution in [0.3, 0.4) is 0 Å². The van der Waals surface area contributed by atoms with E-state index >= 15 is 0 Å². The average Bonchev–Trinajstić information content (AvgIpc) is 3.50. The number of hydrogen-bond acceptors (Lipinski definition) is 11. The number of hydrogen-bond donors (Lipinski definition) is 4. The number of nitrogen functional groups attached to an aromatic ring is 1. The van der Waals surface area contributed by atoms with Crippen molar-refractivity contribution in [2.75, 3.05) is 61.6 Å². The fourth-order valence-corrected chi connectivity index (χ4v) is 5.92. The van der Waals surface area contributed by atoms with Crippen LogP contribution in [0, 0.1) is 11.6 Å². The van der Waals surface area contributed by atoms with E-state index in [0.717, 1.165) is 55.4 Å². The van der Waals surface area contributed by atoms with Crippen molar-refractivity contribution in [2.45, 2.75) is 6.18 Å². The van der Waals surface area contributed by atoms with Gasteiger partial charge in [-0.25, -0.2) is 28.5 Å². The zero-order chi connectivity index (χ0) is 37.6. The second-order valence-electron chi connectivity index (χ2n) is 11.2. The van der Waals surface area contributed by atoms with Gasteiger partial charge in [0.1, 0.15) is 22.9 Å². The molecule has 0 aliphatic carbocycles. The molecule has 2 aromatic heterocycles. The second-order valence-corrected chi connectivity index (χ2v) is 12.3. The number of carbonyl (C=O) groups is 2. The summed E-state index contributed by atoms with van der Waals surface area (Å²) >= 11 is 1.26. The molecular weight excluding hydrogens is 711 g/mol. The molecule has 0 unspecified atom stereocenters. The first kappa shape index (κ1) is 37.4. The number of halogens is 5. The Kier molecular flexibility index (Phi) is 11.5. The summed E-state index contributed by atoms with van der Waals surface area (Å²) in [6.45, 7) is 3.71. The number of ether oxygens (including phenoxy) is 1. The molecule has 0 radical (unpaired) electrons. The highest BCUT2D eigenvalue weighted by molar-refractivity contribution is 7.19. The van der Waals surface area contributed by atoms with Crippen molar-refractivity contribution in [1.82, 2.24) is 19.9 Å². The van der Waals surface area contributed by atoms with Crippen molar-refractivity contribution in [1.29, 1.82) is 0 Å². The molecule has 1 aliphatic rings. The maximum atomic E-state index is 14.2. The molecule has 12 nitrogen and oxygen atoms in total. The highest BCUT2D eigenvalue weighted by Crippen LogP contribution is 2.39. The van der Waals surface area contributed by atoms with Crippen LogP contribution in [-0.2, 0) is 4.79 Å². The van der Waals surface area contributed by atoms with Crippen LogP contribution in [0.1, 0.15) is 10.4 Å². The molecule has 1 fully saturated rings. The van der Waals surface area contributed by atoms with Gasteiger partial charge in [0.2, 0.25) is 5.95 Å². The van der Waals surface area contributed by atoms with E-state index in [0.29, 0.717) is 38.6 Å². The predicted octanol–water partition coefficient (Wildman–Crippen LogP) is 6.52. The van der Waals surface area contributed by atoms with Gasteiger partial charge in [-0.1, -0.05) is 29.5 Å². The number of nitrogens with zero attached hydrogens (tertiary/aromatic N) is 5. The molecule has 1 saturated heterocycles. The minimum absolute atomic E-state index is 0.322. The summed E-state index contributed by atoms with van der Waals surface area (Å²) < 4.78 is 65.7. The molecule has 5 N–H and O–H groups in total. The predicted molar refractivity (Wildman–Crippen MR) is 187 cm³/mol. The Balaban J connectivity index is 0.000000679. The Labute approximate surface area is 297 Å². The quantitative estimate of drug-likeness (QED) is 0.128. The third kappa shape index (κ3) is 9.07. The Morgan fingerprint density at radius 2 is 1.62 bits per heavy atom. The smallest absolute Gasteiger partial charge is 0.490 e. The molecular formula is C34H31F5N8O4S. The topological polar surface area (TPSA) is 159 Å². The maximum absolute atomic E-state index is 14.2. The molecule has 1 aliphatic heterocycles. The number of likely N-dealkylation sites (N-methyl/N-ethyl adjacent to an activating group) is 1. The van der Waals surface area contributed by atoms with Crippen molar-refractivity contribution in [3.63, 3.8) is 0 Å². The largest absolute Gasteiger partial charge is 0.495 e. The summed E-state index contributed by atoms with van der Waals surface area (Å²) in [6.07, 6.45) is -3.44. The van der Waals surface area contributed by atoms with E-state index in [1.807, 2.05) is 18.2 Å². The van der Waals surface area contributed by atoms with Crippen molar-refractivity contribution < 1.29 is 41.4 Å². The summed E-state index contributed by atoms with van der Waals surface area (Å²) in [5.74, 6) is -4.38. The van der Waals surface area contributed by atoms with Gasteiger partial charge in [-0.2, -0.15) is 13.2 Å². The molecule has 0 spiro atoms. The monoisotopic (exact) mass is 742 g/mol. The number of nitrogens with one attached hydrogen (secondary N) is 2. The van der Waals surface area contributed by atoms with Gasteiger partial charge >= 0.3 is 12.1 Å². The molecule has 18 heteroatoms. The second kappa shape index (κ2) is 16.0. The number of alkyl halides is 3. The number of carbonyl (C=O) groups excluding carboxylic acids is 1. The van der Waals surface area contributed by atoms with E-state index in [4.69, 9.17) is 25.4 Å². The number of amides is 1. The molecule has 52 heavy (non-hydrogen) atoms. The van der Waals surface area contributed by atoms with Crippen LogP contribution in [0.25, 0.3) is 21.8 Å². The van der Waals surface area contributed by atoms with Crippen LogP contribution in [0.2, 0.25) is 0 Å². The molecule has 6 rings (SSSR count). The molecule has 0 saturated carbocycles. The molecule has 272 valence electrons. The first-order valence-corrected chi connectivity index (χ1v) is 16.2. The minimum Gasteiger partial charge on any atom is -0.495 e. The normalized spacial score (nSPS) is 13.2. The van der Waals surface area contributed by atoms with Gasteiger partial charge in [-0.15, -0.1) is 0 Å². The number of carboxylic acid groups (broad SMARTS) is 1. The van der Waals surface area contributed by atoms with Gasteiger partial charge in [-0.3, -0.25) is 4.79 Å². The molecule has 3 aromatic carbocycles. The number of carboxylic acids is 1. The lowest BCUT2D eigenvalue weighted by Gasteiger charge is -2.34. The minimum atomic E-state index is -5.08. The van der Waals surface area contributed by atoms with Crippen LogP contribution < -0.4 is 26.0 Å². The number of methoxy groups -OCH3 is 1. The van der Waals surface area contributed by atoms with Crippen LogP contribution in [0.5, 0.6) is 5.75 Å². The molecule has 3 heterocycles. The van der Waals surface area contributed by atoms with Gasteiger partial charge in [-0.05, 0) is 55.6 Å². The van der Waals surface area contributed by atoms with Gasteiger partial charge in [0.15, 0.2) is 5.13 Å². The SMILES string of the molecule is COc1ccc(Nc2nccc(-c3sc(N)nc3-c3cccc(NC(=O)c4c(F)cccc4F)c3)n2)cc1N1CCN(C)CC1.O=C(O)C(F)(F)F. The standard InChI is InChI=1S/C32H30F2N8O2S.C2HF3O2/c1-41-13-15-42(16-14-41)25-18-21(9-10-26(25)44-2)38-32-36-12-11-24(39-32)29-28(40-31(35)45-29)19-5-3-6-20(17-19)37-30(43)27-22(33)7-4-8-23(27)34;3-2(4,5)1(6)7/h3-12,17-18H,13-16H2,1-2H3,(H2,35,40)(H,37,43)(H,36,38,39);(H,6,7). The first-order chi connectivity index (χ1) is 24.7. The summed E-state index contributed by atoms with van der Waals surface area (Å²) in [7, 11) is 3.78. The van der Waals surface area contributed by atoms with Crippen molar-refractivity contribution in [3.05, 3.63) is 90.1 Å². The maximum Gasteiger partial charge on any atom is 0.490 e. The Morgan fingerprint density at radius 1 is 0.942 bits per heavy atom. The van der Waals surface area contributed by atoms with Crippen LogP contribution in [0.15, 0.2) is 72.9 Å². The molecule has 0 atom stereocenters. The average molecular weight is 743 g/mol. The highest BCUT2D eigenvalue weighted by atomic mass is 32.1. The van der Waals surface area contributed by atoms with Gasteiger partial charge in [0, 0.05) is 49.3 Å². The fraction of sp³-hybridized carbons (Fsp3) is 0.206. The third-order valence-electron chi connectivity index (χ3n) is 7.64. The van der Waals surface area contributed by atoms with E-state index in [2.05, 4.69) is 37.4 Å². The van der Waals surface area contributed by atoms with E-state index in [1.54, 1.807) is 43.6 Å². The number of aliphatic carboxylic acids is 1. The van der Waals surface area contributed by atoms with E-state index in [-0.39, 0.29) is 0 Å². The fourth-order valence-electron chi connectivity index (χ4n) is 5.10. The number of piperazine rings is 1. The third-order valence-corrected chi connectivity index (χ3v) is 8.54. The van der Waals surface area contributed by atoms with Gasteiger partial charge < -0.3 is 36.0 Å². The molecule has 0 bridgehead atoms. The first-order valence-electron chi connectivity index (χ1n) is 15.4. The van der Waals surface area contributed by atoms with Crippen molar-refractivity contribution >= 4 is 51.4 Å². The van der Waals surface area contributed by atoms with Crippen LogP contribution in [-0.4, -0.2) is 83.3 Å². The summed E-state index contributed by atoms with van der Waals surface area (Å²) in [5.41, 5.74) is 9.38. The van der Waals surface area contributed by atoms with Crippen LogP contribution in [0.4, 0.5) is 50.1 Å². The summed E-state index contributed by atoms with van der Waals surface area (Å²) in [6, 6.07) is 17.7. The van der Waals surface area contributed by atoms with Gasteiger partial charge in [0.25, 0.3) is 5.91 Å². The van der Waals surface area contributed by atoms with E-state index < -0.39 is 35.3 Å². The lowest BCUT2D eigenvalue weighted by Crippen LogP contribution is -2.44.